The number of nitrogens with two attached hydrogens (primary N) is 1. The van der Waals surface area contributed by atoms with E-state index in [-0.39, 0.29) is 0 Å². The van der Waals surface area contributed by atoms with Crippen LogP contribution in [0.25, 0.3) is 5.65 Å². The van der Waals surface area contributed by atoms with Crippen molar-refractivity contribution < 1.29 is 0 Å². The molecule has 0 aromatic carbocycles. The summed E-state index contributed by atoms with van der Waals surface area (Å²) in [6.07, 6.45) is 3.88. The summed E-state index contributed by atoms with van der Waals surface area (Å²) in [5, 5.41) is 10.5. The third-order valence-electron chi connectivity index (χ3n) is 3.52. The number of hydrogen-bond donors (Lipinski definition) is 2. The molecular formula is C15H20N6S. The summed E-state index contributed by atoms with van der Waals surface area (Å²) in [6.45, 7) is 5.76. The maximum absolute atomic E-state index is 5.63. The van der Waals surface area contributed by atoms with Crippen molar-refractivity contribution in [1.29, 1.82) is 0 Å². The van der Waals surface area contributed by atoms with Crippen molar-refractivity contribution in [1.82, 2.24) is 24.9 Å². The molecule has 3 heterocycles. The van der Waals surface area contributed by atoms with Crippen LogP contribution in [0, 0.1) is 13.8 Å². The summed E-state index contributed by atoms with van der Waals surface area (Å²) in [5.74, 6) is 0. The van der Waals surface area contributed by atoms with Gasteiger partial charge in [-0.25, -0.2) is 14.5 Å². The molecule has 0 bridgehead atoms. The predicted octanol–water partition coefficient (Wildman–Crippen LogP) is 2.11. The van der Waals surface area contributed by atoms with Gasteiger partial charge in [-0.2, -0.15) is 5.10 Å². The first-order chi connectivity index (χ1) is 10.6. The first kappa shape index (κ1) is 14.9. The number of nitrogens with zero attached hydrogens (tertiary/aromatic N) is 4. The molecule has 6 nitrogen and oxygen atoms in total. The van der Waals surface area contributed by atoms with Crippen LogP contribution >= 0.6 is 11.3 Å². The van der Waals surface area contributed by atoms with E-state index in [1.165, 1.54) is 11.3 Å². The number of thiazole rings is 1. The van der Waals surface area contributed by atoms with Crippen molar-refractivity contribution in [3.63, 3.8) is 0 Å². The topological polar surface area (TPSA) is 81.1 Å². The van der Waals surface area contributed by atoms with Gasteiger partial charge in [0.15, 0.2) is 10.8 Å². The average molecular weight is 316 g/mol. The maximum Gasteiger partial charge on any atom is 0.180 e. The van der Waals surface area contributed by atoms with Crippen molar-refractivity contribution in [3.8, 4) is 0 Å². The molecule has 22 heavy (non-hydrogen) atoms. The quantitative estimate of drug-likeness (QED) is 0.681. The fourth-order valence-electron chi connectivity index (χ4n) is 2.50. The fourth-order valence-corrected chi connectivity index (χ4v) is 3.09. The van der Waals surface area contributed by atoms with E-state index in [1.54, 1.807) is 0 Å². The number of rotatable bonds is 6. The van der Waals surface area contributed by atoms with Crippen molar-refractivity contribution in [2.75, 3.05) is 12.3 Å². The number of anilines is 1. The van der Waals surface area contributed by atoms with Gasteiger partial charge in [0.25, 0.3) is 0 Å². The lowest BCUT2D eigenvalue weighted by molar-refractivity contribution is 0.647. The molecule has 0 aliphatic rings. The number of fused-ring (bicyclic) bond motifs is 1. The van der Waals surface area contributed by atoms with Crippen molar-refractivity contribution in [2.24, 2.45) is 0 Å². The SMILES string of the molecule is Cc1cc(C)n2ncc(CNCCCc3csc(N)n3)c2n1. The Hall–Kier alpha value is -1.99. The number of aromatic nitrogens is 4. The lowest BCUT2D eigenvalue weighted by Crippen LogP contribution is -2.15. The Balaban J connectivity index is 1.53. The highest BCUT2D eigenvalue weighted by atomic mass is 32.1. The maximum atomic E-state index is 5.63. The highest BCUT2D eigenvalue weighted by Gasteiger charge is 2.07. The molecule has 0 saturated carbocycles. The van der Waals surface area contributed by atoms with Crippen LogP contribution < -0.4 is 11.1 Å². The van der Waals surface area contributed by atoms with Gasteiger partial charge in [0.05, 0.1) is 11.9 Å². The normalized spacial score (nSPS) is 11.4. The molecule has 116 valence electrons. The van der Waals surface area contributed by atoms with Gasteiger partial charge in [0, 0.05) is 28.9 Å². The summed E-state index contributed by atoms with van der Waals surface area (Å²) >= 11 is 1.50. The molecule has 0 fully saturated rings. The minimum Gasteiger partial charge on any atom is -0.375 e. The van der Waals surface area contributed by atoms with Gasteiger partial charge in [-0.05, 0) is 39.3 Å². The molecule has 3 aromatic heterocycles. The summed E-state index contributed by atoms with van der Waals surface area (Å²) in [6, 6.07) is 2.04. The molecule has 0 amide bonds. The second-order valence-corrected chi connectivity index (χ2v) is 6.29. The van der Waals surface area contributed by atoms with E-state index in [0.29, 0.717) is 5.13 Å². The number of aryl methyl sites for hydroxylation is 3. The molecule has 0 atom stereocenters. The molecular weight excluding hydrogens is 296 g/mol. The van der Waals surface area contributed by atoms with E-state index in [1.807, 2.05) is 36.0 Å². The average Bonchev–Trinajstić information content (AvgIpc) is 3.05. The van der Waals surface area contributed by atoms with Crippen LogP contribution in [-0.2, 0) is 13.0 Å². The Morgan fingerprint density at radius 3 is 2.95 bits per heavy atom. The van der Waals surface area contributed by atoms with Gasteiger partial charge in [-0.3, -0.25) is 0 Å². The molecule has 0 aliphatic carbocycles. The second kappa shape index (κ2) is 6.41. The second-order valence-electron chi connectivity index (χ2n) is 5.40. The zero-order valence-corrected chi connectivity index (χ0v) is 13.7. The Bertz CT molecular complexity index is 776. The summed E-state index contributed by atoms with van der Waals surface area (Å²) in [7, 11) is 0. The highest BCUT2D eigenvalue weighted by molar-refractivity contribution is 7.13. The summed E-state index contributed by atoms with van der Waals surface area (Å²) < 4.78 is 1.89. The molecule has 3 aromatic rings. The summed E-state index contributed by atoms with van der Waals surface area (Å²) in [5.41, 5.74) is 10.9. The third-order valence-corrected chi connectivity index (χ3v) is 4.25. The Kier molecular flexibility index (Phi) is 4.35. The first-order valence-electron chi connectivity index (χ1n) is 7.35. The lowest BCUT2D eigenvalue weighted by atomic mass is 10.2. The Morgan fingerprint density at radius 1 is 1.32 bits per heavy atom. The van der Waals surface area contributed by atoms with Crippen LogP contribution in [0.1, 0.15) is 29.1 Å². The van der Waals surface area contributed by atoms with Crippen LogP contribution in [0.4, 0.5) is 5.13 Å². The van der Waals surface area contributed by atoms with Crippen LogP contribution in [-0.4, -0.2) is 26.1 Å². The van der Waals surface area contributed by atoms with Gasteiger partial charge < -0.3 is 11.1 Å². The predicted molar refractivity (Wildman–Crippen MR) is 89.0 cm³/mol. The monoisotopic (exact) mass is 316 g/mol. The molecule has 3 rings (SSSR count). The van der Waals surface area contributed by atoms with E-state index in [0.717, 1.165) is 54.2 Å². The highest BCUT2D eigenvalue weighted by Crippen LogP contribution is 2.13. The first-order valence-corrected chi connectivity index (χ1v) is 8.23. The zero-order valence-electron chi connectivity index (χ0n) is 12.8. The van der Waals surface area contributed by atoms with Crippen LogP contribution in [0.2, 0.25) is 0 Å². The zero-order chi connectivity index (χ0) is 15.5. The number of nitrogen functional groups attached to an aromatic ring is 1. The van der Waals surface area contributed by atoms with E-state index in [9.17, 15) is 0 Å². The molecule has 7 heteroatoms. The van der Waals surface area contributed by atoms with Gasteiger partial charge in [-0.1, -0.05) is 0 Å². The van der Waals surface area contributed by atoms with Crippen molar-refractivity contribution >= 4 is 22.1 Å². The van der Waals surface area contributed by atoms with Crippen LogP contribution in [0.5, 0.6) is 0 Å². The molecule has 0 spiro atoms. The number of nitrogens with one attached hydrogen (secondary N) is 1. The standard InChI is InChI=1S/C15H20N6S/c1-10-6-11(2)21-14(19-10)12(8-18-21)7-17-5-3-4-13-9-22-15(16)20-13/h6,8-9,17H,3-5,7H2,1-2H3,(H2,16,20). The molecule has 0 saturated heterocycles. The van der Waals surface area contributed by atoms with Crippen molar-refractivity contribution in [3.05, 3.63) is 40.3 Å². The van der Waals surface area contributed by atoms with Gasteiger partial charge in [0.1, 0.15) is 0 Å². The minimum atomic E-state index is 0.645. The summed E-state index contributed by atoms with van der Waals surface area (Å²) in [4.78, 5) is 8.85. The van der Waals surface area contributed by atoms with Gasteiger partial charge >= 0.3 is 0 Å². The van der Waals surface area contributed by atoms with Gasteiger partial charge in [-0.15, -0.1) is 11.3 Å². The smallest absolute Gasteiger partial charge is 0.180 e. The van der Waals surface area contributed by atoms with E-state index in [4.69, 9.17) is 5.73 Å². The third kappa shape index (κ3) is 3.26. The number of hydrogen-bond acceptors (Lipinski definition) is 6. The van der Waals surface area contributed by atoms with E-state index >= 15 is 0 Å². The molecule has 0 radical (unpaired) electrons. The van der Waals surface area contributed by atoms with Crippen LogP contribution in [0.15, 0.2) is 17.6 Å². The van der Waals surface area contributed by atoms with Crippen molar-refractivity contribution in [2.45, 2.75) is 33.2 Å². The lowest BCUT2D eigenvalue weighted by Gasteiger charge is -2.04. The Labute approximate surface area is 133 Å². The molecule has 0 unspecified atom stereocenters. The fraction of sp³-hybridized carbons (Fsp3) is 0.400. The van der Waals surface area contributed by atoms with E-state index in [2.05, 4.69) is 20.4 Å². The van der Waals surface area contributed by atoms with Crippen LogP contribution in [0.3, 0.4) is 0 Å². The Morgan fingerprint density at radius 2 is 2.18 bits per heavy atom. The van der Waals surface area contributed by atoms with Gasteiger partial charge in [0.2, 0.25) is 0 Å². The van der Waals surface area contributed by atoms with E-state index < -0.39 is 0 Å². The largest absolute Gasteiger partial charge is 0.375 e. The molecule has 0 aliphatic heterocycles. The minimum absolute atomic E-state index is 0.645. The molecule has 3 N–H and O–H groups in total.